The third kappa shape index (κ3) is 3.39. The number of nitrogens with zero attached hydrogens (tertiary/aromatic N) is 1. The van der Waals surface area contributed by atoms with Crippen LogP contribution in [0.15, 0.2) is 17.6 Å². The first-order valence-electron chi connectivity index (χ1n) is 5.31. The van der Waals surface area contributed by atoms with Crippen LogP contribution in [-0.4, -0.2) is 33.6 Å². The largest absolute Gasteiger partial charge is 0.479 e. The minimum Gasteiger partial charge on any atom is -0.479 e. The highest BCUT2D eigenvalue weighted by molar-refractivity contribution is 7.09. The molecule has 0 spiro atoms. The molecular formula is C11H11N3O4S. The number of nitrogens with one attached hydrogen (secondary N) is 2. The number of aromatic nitrogens is 2. The Labute approximate surface area is 112 Å². The van der Waals surface area contributed by atoms with E-state index in [0.29, 0.717) is 0 Å². The first-order chi connectivity index (χ1) is 9.06. The first kappa shape index (κ1) is 13.2. The third-order valence-electron chi connectivity index (χ3n) is 2.20. The number of carboxylic acids is 1. The highest BCUT2D eigenvalue weighted by Crippen LogP contribution is 2.22. The molecule has 8 heteroatoms. The minimum absolute atomic E-state index is 0.269. The summed E-state index contributed by atoms with van der Waals surface area (Å²) < 4.78 is 0. The van der Waals surface area contributed by atoms with Gasteiger partial charge in [0.2, 0.25) is 0 Å². The molecule has 0 aliphatic heterocycles. The van der Waals surface area contributed by atoms with E-state index in [-0.39, 0.29) is 5.69 Å². The Morgan fingerprint density at radius 2 is 2.37 bits per heavy atom. The molecule has 0 saturated heterocycles. The maximum Gasteiger partial charge on any atom is 0.332 e. The van der Waals surface area contributed by atoms with Gasteiger partial charge in [-0.1, -0.05) is 0 Å². The smallest absolute Gasteiger partial charge is 0.332 e. The van der Waals surface area contributed by atoms with Crippen LogP contribution in [0, 0.1) is 6.92 Å². The predicted octanol–water partition coefficient (Wildman–Crippen LogP) is 1.19. The zero-order valence-corrected chi connectivity index (χ0v) is 10.8. The minimum atomic E-state index is -1.16. The van der Waals surface area contributed by atoms with E-state index < -0.39 is 18.5 Å². The Morgan fingerprint density at radius 3 is 3.00 bits per heavy atom. The zero-order valence-electron chi connectivity index (χ0n) is 9.97. The lowest BCUT2D eigenvalue weighted by Crippen LogP contribution is -2.26. The molecule has 19 heavy (non-hydrogen) atoms. The molecule has 0 aromatic carbocycles. The van der Waals surface area contributed by atoms with Gasteiger partial charge in [0.05, 0.1) is 10.7 Å². The van der Waals surface area contributed by atoms with Crippen LogP contribution in [0.25, 0.3) is 11.3 Å². The highest BCUT2D eigenvalue weighted by Gasteiger charge is 2.11. The summed E-state index contributed by atoms with van der Waals surface area (Å²) in [6, 6.07) is 1.62. The molecule has 2 aromatic heterocycles. The Bertz CT molecular complexity index is 605. The van der Waals surface area contributed by atoms with Gasteiger partial charge >= 0.3 is 5.97 Å². The summed E-state index contributed by atoms with van der Waals surface area (Å²) in [5.41, 5.74) is 3.87. The zero-order chi connectivity index (χ0) is 13.8. The van der Waals surface area contributed by atoms with Gasteiger partial charge < -0.3 is 10.1 Å². The van der Waals surface area contributed by atoms with Crippen molar-refractivity contribution in [1.82, 2.24) is 15.4 Å². The molecule has 0 unspecified atom stereocenters. The Morgan fingerprint density at radius 1 is 1.58 bits per heavy atom. The first-order valence-corrected chi connectivity index (χ1v) is 6.19. The van der Waals surface area contributed by atoms with E-state index in [0.717, 1.165) is 16.3 Å². The Hall–Kier alpha value is -2.19. The summed E-state index contributed by atoms with van der Waals surface area (Å²) in [7, 11) is 0. The van der Waals surface area contributed by atoms with Crippen molar-refractivity contribution in [3.05, 3.63) is 28.3 Å². The second kappa shape index (κ2) is 5.63. The number of rotatable bonds is 5. The molecule has 100 valence electrons. The van der Waals surface area contributed by atoms with Crippen molar-refractivity contribution < 1.29 is 19.5 Å². The van der Waals surface area contributed by atoms with Gasteiger partial charge in [-0.15, -0.1) is 11.3 Å². The van der Waals surface area contributed by atoms with Gasteiger partial charge in [-0.3, -0.25) is 9.63 Å². The van der Waals surface area contributed by atoms with Crippen molar-refractivity contribution in [2.24, 2.45) is 0 Å². The number of carbonyl (C=O) groups excluding carboxylic acids is 1. The summed E-state index contributed by atoms with van der Waals surface area (Å²) in [4.78, 5) is 33.4. The SMILES string of the molecule is Cc1nc(-c2c[nH]c(C(=O)NOCC(=O)O)c2)cs1. The van der Waals surface area contributed by atoms with E-state index in [1.165, 1.54) is 11.3 Å². The summed E-state index contributed by atoms with van der Waals surface area (Å²) in [5, 5.41) is 11.2. The monoisotopic (exact) mass is 281 g/mol. The molecule has 7 nitrogen and oxygen atoms in total. The summed E-state index contributed by atoms with van der Waals surface area (Å²) in [5.74, 6) is -1.70. The molecule has 3 N–H and O–H groups in total. The molecule has 0 fully saturated rings. The number of aliphatic carboxylic acids is 1. The van der Waals surface area contributed by atoms with E-state index in [1.807, 2.05) is 17.8 Å². The molecule has 0 saturated carbocycles. The van der Waals surface area contributed by atoms with Crippen molar-refractivity contribution >= 4 is 23.2 Å². The van der Waals surface area contributed by atoms with Crippen molar-refractivity contribution in [3.63, 3.8) is 0 Å². The van der Waals surface area contributed by atoms with Crippen LogP contribution in [0.5, 0.6) is 0 Å². The van der Waals surface area contributed by atoms with Gasteiger partial charge in [0, 0.05) is 17.1 Å². The van der Waals surface area contributed by atoms with Gasteiger partial charge in [-0.2, -0.15) is 0 Å². The number of amides is 1. The van der Waals surface area contributed by atoms with Crippen LogP contribution in [0.2, 0.25) is 0 Å². The molecule has 1 amide bonds. The lowest BCUT2D eigenvalue weighted by molar-refractivity contribution is -0.144. The van der Waals surface area contributed by atoms with Crippen LogP contribution < -0.4 is 5.48 Å². The van der Waals surface area contributed by atoms with Crippen molar-refractivity contribution in [3.8, 4) is 11.3 Å². The average Bonchev–Trinajstić information content (AvgIpc) is 2.96. The quantitative estimate of drug-likeness (QED) is 0.714. The van der Waals surface area contributed by atoms with Gasteiger partial charge in [-0.25, -0.2) is 15.3 Å². The Kier molecular flexibility index (Phi) is 3.93. The van der Waals surface area contributed by atoms with Crippen molar-refractivity contribution in [2.75, 3.05) is 6.61 Å². The molecule has 2 aromatic rings. The fourth-order valence-corrected chi connectivity index (χ4v) is 2.01. The normalized spacial score (nSPS) is 10.4. The van der Waals surface area contributed by atoms with E-state index in [4.69, 9.17) is 5.11 Å². The number of carbonyl (C=O) groups is 2. The molecule has 2 heterocycles. The topological polar surface area (TPSA) is 104 Å². The molecule has 0 atom stereocenters. The molecule has 0 radical (unpaired) electrons. The van der Waals surface area contributed by atoms with Crippen LogP contribution in [0.4, 0.5) is 0 Å². The lowest BCUT2D eigenvalue weighted by atomic mass is 10.2. The highest BCUT2D eigenvalue weighted by atomic mass is 32.1. The predicted molar refractivity (Wildman–Crippen MR) is 67.7 cm³/mol. The fourth-order valence-electron chi connectivity index (χ4n) is 1.39. The van der Waals surface area contributed by atoms with Crippen molar-refractivity contribution in [2.45, 2.75) is 6.92 Å². The van der Waals surface area contributed by atoms with E-state index in [1.54, 1.807) is 12.3 Å². The standard InChI is InChI=1S/C11H11N3O4S/c1-6-13-9(5-19-6)7-2-8(12-3-7)11(17)14-18-4-10(15)16/h2-3,5,12H,4H2,1H3,(H,14,17)(H,15,16). The number of thiazole rings is 1. The lowest BCUT2D eigenvalue weighted by Gasteiger charge is -2.00. The molecule has 0 aliphatic rings. The van der Waals surface area contributed by atoms with E-state index in [2.05, 4.69) is 14.8 Å². The number of carboxylic acid groups (broad SMARTS) is 1. The summed E-state index contributed by atoms with van der Waals surface area (Å²) in [6.45, 7) is 1.30. The molecule has 0 aliphatic carbocycles. The number of aryl methyl sites for hydroxylation is 1. The maximum atomic E-state index is 11.6. The number of hydroxylamine groups is 1. The van der Waals surface area contributed by atoms with Gasteiger partial charge in [0.15, 0.2) is 6.61 Å². The number of hydrogen-bond donors (Lipinski definition) is 3. The van der Waals surface area contributed by atoms with E-state index in [9.17, 15) is 9.59 Å². The second-order valence-electron chi connectivity index (χ2n) is 3.67. The third-order valence-corrected chi connectivity index (χ3v) is 2.98. The van der Waals surface area contributed by atoms with E-state index >= 15 is 0 Å². The van der Waals surface area contributed by atoms with Gasteiger partial charge in [0.1, 0.15) is 5.69 Å². The fraction of sp³-hybridized carbons (Fsp3) is 0.182. The molecule has 2 rings (SSSR count). The van der Waals surface area contributed by atoms with Crippen LogP contribution in [0.1, 0.15) is 15.5 Å². The van der Waals surface area contributed by atoms with Gasteiger partial charge in [0.25, 0.3) is 5.91 Å². The number of aromatic amines is 1. The molecular weight excluding hydrogens is 270 g/mol. The average molecular weight is 281 g/mol. The van der Waals surface area contributed by atoms with Gasteiger partial charge in [-0.05, 0) is 13.0 Å². The molecule has 0 bridgehead atoms. The van der Waals surface area contributed by atoms with Crippen LogP contribution in [-0.2, 0) is 9.63 Å². The Balaban J connectivity index is 2.00. The second-order valence-corrected chi connectivity index (χ2v) is 4.73. The van der Waals surface area contributed by atoms with Crippen LogP contribution >= 0.6 is 11.3 Å². The maximum absolute atomic E-state index is 11.6. The van der Waals surface area contributed by atoms with Crippen LogP contribution in [0.3, 0.4) is 0 Å². The number of hydrogen-bond acceptors (Lipinski definition) is 5. The van der Waals surface area contributed by atoms with Crippen molar-refractivity contribution in [1.29, 1.82) is 0 Å². The summed E-state index contributed by atoms with van der Waals surface area (Å²) in [6.07, 6.45) is 1.65. The summed E-state index contributed by atoms with van der Waals surface area (Å²) >= 11 is 1.52. The number of H-pyrrole nitrogens is 1.